The lowest BCUT2D eigenvalue weighted by Crippen LogP contribution is -2.30. The fourth-order valence-corrected chi connectivity index (χ4v) is 5.10. The molecule has 4 aromatic rings. The van der Waals surface area contributed by atoms with Crippen LogP contribution in [0.25, 0.3) is 5.65 Å². The summed E-state index contributed by atoms with van der Waals surface area (Å²) in [5, 5.41) is 9.95. The molecule has 0 spiro atoms. The van der Waals surface area contributed by atoms with E-state index in [2.05, 4.69) is 48.9 Å². The Balaban J connectivity index is 1.39. The van der Waals surface area contributed by atoms with Gasteiger partial charge in [-0.05, 0) is 50.0 Å². The van der Waals surface area contributed by atoms with Gasteiger partial charge in [0.25, 0.3) is 5.56 Å². The van der Waals surface area contributed by atoms with Gasteiger partial charge in [0.05, 0.1) is 18.8 Å². The van der Waals surface area contributed by atoms with Crippen LogP contribution in [0.2, 0.25) is 0 Å². The molecule has 1 aliphatic rings. The molecule has 0 radical (unpaired) electrons. The predicted octanol–water partition coefficient (Wildman–Crippen LogP) is 3.92. The Morgan fingerprint density at radius 3 is 2.61 bits per heavy atom. The van der Waals surface area contributed by atoms with Gasteiger partial charge in [-0.15, -0.1) is 10.2 Å². The molecule has 0 saturated carbocycles. The van der Waals surface area contributed by atoms with Crippen LogP contribution >= 0.6 is 11.8 Å². The SMILES string of the molecule is Cc1ccc2nc(CSc3nnc(CN4CCCCC4)n3Cc3ccccc3)cc(=O)n2c1. The largest absolute Gasteiger partial charge is 0.300 e. The topological polar surface area (TPSA) is 68.3 Å². The van der Waals surface area contributed by atoms with Crippen LogP contribution in [0, 0.1) is 6.92 Å². The van der Waals surface area contributed by atoms with Crippen molar-refractivity contribution in [3.05, 3.63) is 87.7 Å². The van der Waals surface area contributed by atoms with Crippen molar-refractivity contribution in [2.75, 3.05) is 13.1 Å². The number of benzene rings is 1. The Morgan fingerprint density at radius 2 is 1.79 bits per heavy atom. The fourth-order valence-electron chi connectivity index (χ4n) is 4.26. The minimum absolute atomic E-state index is 0.0594. The van der Waals surface area contributed by atoms with Crippen LogP contribution in [0.15, 0.2) is 64.7 Å². The van der Waals surface area contributed by atoms with Gasteiger partial charge in [-0.1, -0.05) is 54.6 Å². The number of thioether (sulfide) groups is 1. The summed E-state index contributed by atoms with van der Waals surface area (Å²) in [4.78, 5) is 19.7. The van der Waals surface area contributed by atoms with Gasteiger partial charge in [0.1, 0.15) is 11.5 Å². The second kappa shape index (κ2) is 9.89. The maximum Gasteiger partial charge on any atom is 0.258 e. The van der Waals surface area contributed by atoms with Gasteiger partial charge in [0, 0.05) is 18.0 Å². The average Bonchev–Trinajstić information content (AvgIpc) is 3.20. The summed E-state index contributed by atoms with van der Waals surface area (Å²) in [5.74, 6) is 1.56. The van der Waals surface area contributed by atoms with Gasteiger partial charge in [-0.2, -0.15) is 0 Å². The van der Waals surface area contributed by atoms with E-state index in [9.17, 15) is 4.79 Å². The van der Waals surface area contributed by atoms with Crippen molar-refractivity contribution in [3.8, 4) is 0 Å². The number of piperidine rings is 1. The monoisotopic (exact) mass is 460 g/mol. The third-order valence-corrected chi connectivity index (χ3v) is 7.00. The number of hydrogen-bond acceptors (Lipinski definition) is 6. The fraction of sp³-hybridized carbons (Fsp3) is 0.360. The first-order valence-corrected chi connectivity index (χ1v) is 12.4. The van der Waals surface area contributed by atoms with Crippen molar-refractivity contribution < 1.29 is 0 Å². The van der Waals surface area contributed by atoms with Gasteiger partial charge < -0.3 is 4.57 Å². The summed E-state index contributed by atoms with van der Waals surface area (Å²) in [6.07, 6.45) is 5.63. The predicted molar refractivity (Wildman–Crippen MR) is 130 cm³/mol. The van der Waals surface area contributed by atoms with E-state index >= 15 is 0 Å². The van der Waals surface area contributed by atoms with E-state index in [0.717, 1.165) is 48.4 Å². The van der Waals surface area contributed by atoms with Crippen LogP contribution < -0.4 is 5.56 Å². The maximum absolute atomic E-state index is 12.6. The van der Waals surface area contributed by atoms with Crippen LogP contribution in [0.4, 0.5) is 0 Å². The molecule has 170 valence electrons. The lowest BCUT2D eigenvalue weighted by molar-refractivity contribution is 0.213. The highest BCUT2D eigenvalue weighted by molar-refractivity contribution is 7.98. The minimum Gasteiger partial charge on any atom is -0.300 e. The average molecular weight is 461 g/mol. The Labute approximate surface area is 197 Å². The second-order valence-corrected chi connectivity index (χ2v) is 9.56. The normalized spacial score (nSPS) is 14.7. The van der Waals surface area contributed by atoms with Gasteiger partial charge in [0.15, 0.2) is 5.16 Å². The Bertz CT molecular complexity index is 1290. The van der Waals surface area contributed by atoms with E-state index in [1.165, 1.54) is 24.8 Å². The van der Waals surface area contributed by atoms with Gasteiger partial charge in [-0.25, -0.2) is 4.98 Å². The zero-order valence-corrected chi connectivity index (χ0v) is 19.7. The Morgan fingerprint density at radius 1 is 0.970 bits per heavy atom. The van der Waals surface area contributed by atoms with Crippen molar-refractivity contribution in [3.63, 3.8) is 0 Å². The lowest BCUT2D eigenvalue weighted by atomic mass is 10.1. The highest BCUT2D eigenvalue weighted by atomic mass is 32.2. The van der Waals surface area contributed by atoms with Crippen molar-refractivity contribution >= 4 is 17.4 Å². The molecule has 0 N–H and O–H groups in total. The standard InChI is InChI=1S/C25H28N6OS/c1-19-10-11-22-26-21(14-24(32)30(22)15-19)18-33-25-28-27-23(17-29-12-6-3-7-13-29)31(25)16-20-8-4-2-5-9-20/h2,4-5,8-11,14-15H,3,6-7,12-13,16-18H2,1H3. The molecular formula is C25H28N6OS. The summed E-state index contributed by atoms with van der Waals surface area (Å²) < 4.78 is 3.81. The molecule has 8 heteroatoms. The van der Waals surface area contributed by atoms with E-state index < -0.39 is 0 Å². The molecule has 1 aliphatic heterocycles. The summed E-state index contributed by atoms with van der Waals surface area (Å²) >= 11 is 1.58. The van der Waals surface area contributed by atoms with Crippen molar-refractivity contribution in [1.82, 2.24) is 29.0 Å². The molecule has 7 nitrogen and oxygen atoms in total. The quantitative estimate of drug-likeness (QED) is 0.390. The van der Waals surface area contributed by atoms with Crippen LogP contribution in [0.5, 0.6) is 0 Å². The molecule has 1 saturated heterocycles. The Hall–Kier alpha value is -2.97. The number of nitrogens with zero attached hydrogens (tertiary/aromatic N) is 6. The zero-order valence-electron chi connectivity index (χ0n) is 18.9. The van der Waals surface area contributed by atoms with Gasteiger partial charge in [0.2, 0.25) is 0 Å². The number of aromatic nitrogens is 5. The zero-order chi connectivity index (χ0) is 22.6. The third kappa shape index (κ3) is 5.17. The molecule has 0 aliphatic carbocycles. The number of pyridine rings is 1. The first kappa shape index (κ1) is 21.9. The first-order valence-electron chi connectivity index (χ1n) is 11.5. The molecule has 33 heavy (non-hydrogen) atoms. The van der Waals surface area contributed by atoms with Crippen LogP contribution in [-0.2, 0) is 18.8 Å². The summed E-state index contributed by atoms with van der Waals surface area (Å²) in [7, 11) is 0. The molecule has 5 rings (SSSR count). The number of aryl methyl sites for hydroxylation is 1. The van der Waals surface area contributed by atoms with E-state index in [1.807, 2.05) is 31.3 Å². The van der Waals surface area contributed by atoms with Crippen LogP contribution in [-0.4, -0.2) is 42.1 Å². The second-order valence-electron chi connectivity index (χ2n) is 8.62. The van der Waals surface area contributed by atoms with Crippen molar-refractivity contribution in [2.45, 2.75) is 50.2 Å². The molecule has 1 fully saturated rings. The number of rotatable bonds is 7. The molecule has 0 unspecified atom stereocenters. The third-order valence-electron chi connectivity index (χ3n) is 6.00. The molecule has 0 bridgehead atoms. The number of likely N-dealkylation sites (tertiary alicyclic amines) is 1. The molecule has 1 aromatic carbocycles. The maximum atomic E-state index is 12.6. The van der Waals surface area contributed by atoms with E-state index in [-0.39, 0.29) is 5.56 Å². The van der Waals surface area contributed by atoms with Gasteiger partial charge >= 0.3 is 0 Å². The molecule has 3 aromatic heterocycles. The first-order chi connectivity index (χ1) is 16.2. The highest BCUT2D eigenvalue weighted by Gasteiger charge is 2.18. The molecule has 0 atom stereocenters. The highest BCUT2D eigenvalue weighted by Crippen LogP contribution is 2.23. The summed E-state index contributed by atoms with van der Waals surface area (Å²) in [6, 6.07) is 15.9. The molecular weight excluding hydrogens is 432 g/mol. The van der Waals surface area contributed by atoms with Crippen LogP contribution in [0.3, 0.4) is 0 Å². The Kier molecular flexibility index (Phi) is 6.55. The van der Waals surface area contributed by atoms with Crippen molar-refractivity contribution in [2.24, 2.45) is 0 Å². The molecule has 4 heterocycles. The summed E-state index contributed by atoms with van der Waals surface area (Å²) in [5.41, 5.74) is 3.61. The number of fused-ring (bicyclic) bond motifs is 1. The summed E-state index contributed by atoms with van der Waals surface area (Å²) in [6.45, 7) is 5.74. The van der Waals surface area contributed by atoms with E-state index in [4.69, 9.17) is 0 Å². The van der Waals surface area contributed by atoms with Crippen molar-refractivity contribution in [1.29, 1.82) is 0 Å². The minimum atomic E-state index is -0.0594. The van der Waals surface area contributed by atoms with E-state index in [1.54, 1.807) is 22.2 Å². The lowest BCUT2D eigenvalue weighted by Gasteiger charge is -2.26. The molecule has 0 amide bonds. The van der Waals surface area contributed by atoms with Gasteiger partial charge in [-0.3, -0.25) is 14.1 Å². The van der Waals surface area contributed by atoms with Crippen LogP contribution in [0.1, 0.15) is 41.9 Å². The number of hydrogen-bond donors (Lipinski definition) is 0. The van der Waals surface area contributed by atoms with E-state index in [0.29, 0.717) is 11.4 Å². The smallest absolute Gasteiger partial charge is 0.258 e.